The lowest BCUT2D eigenvalue weighted by atomic mass is 10.00. The molecule has 1 fully saturated rings. The van der Waals surface area contributed by atoms with Crippen molar-refractivity contribution in [3.8, 4) is 10.4 Å². The minimum Gasteiger partial charge on any atom is -0.389 e. The van der Waals surface area contributed by atoms with E-state index in [1.807, 2.05) is 6.92 Å². The molecule has 0 saturated carbocycles. The van der Waals surface area contributed by atoms with Gasteiger partial charge in [0.15, 0.2) is 5.01 Å². The standard InChI is InChI=1S/C25H34F3N5O3S/c1-14-10-17(32-23(3,4)12-25(26,27)28)29-11-16(14)19-18(22(35)33-9-7-8-15(33)2)31-21(37-19)20(34)30-13-24(5,6)36/h10-11,15,36H,7-9,12-13H2,1-6H3,(H,29,32)(H,30,34)/t15-/m0/s1. The van der Waals surface area contributed by atoms with E-state index in [-0.39, 0.29) is 35.0 Å². The Bertz CT molecular complexity index is 1160. The molecule has 3 heterocycles. The number of halogens is 3. The van der Waals surface area contributed by atoms with E-state index < -0.39 is 29.6 Å². The molecule has 0 bridgehead atoms. The highest BCUT2D eigenvalue weighted by Gasteiger charge is 2.37. The van der Waals surface area contributed by atoms with Crippen molar-refractivity contribution >= 4 is 29.0 Å². The molecule has 1 aliphatic heterocycles. The number of likely N-dealkylation sites (tertiary alicyclic amines) is 1. The maximum atomic E-state index is 13.5. The van der Waals surface area contributed by atoms with E-state index in [9.17, 15) is 27.9 Å². The number of nitrogens with one attached hydrogen (secondary N) is 2. The number of thiazole rings is 1. The molecular formula is C25H34F3N5O3S. The molecule has 3 N–H and O–H groups in total. The predicted octanol–water partition coefficient (Wildman–Crippen LogP) is 4.78. The van der Waals surface area contributed by atoms with Crippen LogP contribution in [0.4, 0.5) is 19.0 Å². The van der Waals surface area contributed by atoms with Crippen LogP contribution in [0.1, 0.15) is 79.7 Å². The van der Waals surface area contributed by atoms with Gasteiger partial charge in [0.1, 0.15) is 11.5 Å². The number of rotatable bonds is 8. The normalized spacial score (nSPS) is 16.7. The molecule has 1 saturated heterocycles. The minimum atomic E-state index is -4.34. The van der Waals surface area contributed by atoms with Crippen LogP contribution in [0.15, 0.2) is 12.3 Å². The number of carbonyl (C=O) groups is 2. The molecule has 204 valence electrons. The summed E-state index contributed by atoms with van der Waals surface area (Å²) >= 11 is 1.04. The molecule has 2 aromatic heterocycles. The topological polar surface area (TPSA) is 107 Å². The second-order valence-corrected chi connectivity index (χ2v) is 11.9. The summed E-state index contributed by atoms with van der Waals surface area (Å²) in [5.41, 5.74) is -1.04. The number of aromatic nitrogens is 2. The number of hydrogen-bond donors (Lipinski definition) is 3. The van der Waals surface area contributed by atoms with Crippen LogP contribution < -0.4 is 10.6 Å². The van der Waals surface area contributed by atoms with Gasteiger partial charge in [-0.2, -0.15) is 13.2 Å². The molecular weight excluding hydrogens is 507 g/mol. The Kier molecular flexibility index (Phi) is 8.23. The fourth-order valence-electron chi connectivity index (χ4n) is 4.24. The van der Waals surface area contributed by atoms with Crippen molar-refractivity contribution in [3.05, 3.63) is 28.5 Å². The van der Waals surface area contributed by atoms with Gasteiger partial charge in [0.2, 0.25) is 0 Å². The van der Waals surface area contributed by atoms with Crippen molar-refractivity contribution in [2.24, 2.45) is 0 Å². The van der Waals surface area contributed by atoms with Gasteiger partial charge in [-0.1, -0.05) is 0 Å². The fourth-order valence-corrected chi connectivity index (χ4v) is 5.29. The molecule has 37 heavy (non-hydrogen) atoms. The zero-order valence-electron chi connectivity index (χ0n) is 21.9. The van der Waals surface area contributed by atoms with E-state index in [4.69, 9.17) is 0 Å². The number of anilines is 1. The zero-order valence-corrected chi connectivity index (χ0v) is 22.7. The third kappa shape index (κ3) is 7.64. The Balaban J connectivity index is 1.97. The average molecular weight is 542 g/mol. The number of pyridine rings is 1. The van der Waals surface area contributed by atoms with Gasteiger partial charge in [-0.05, 0) is 66.0 Å². The second kappa shape index (κ2) is 10.6. The van der Waals surface area contributed by atoms with Crippen LogP contribution in [0.2, 0.25) is 0 Å². The van der Waals surface area contributed by atoms with Crippen LogP contribution in [0, 0.1) is 6.92 Å². The molecule has 12 heteroatoms. The van der Waals surface area contributed by atoms with Crippen molar-refractivity contribution in [2.75, 3.05) is 18.4 Å². The first-order valence-corrected chi connectivity index (χ1v) is 12.9. The summed E-state index contributed by atoms with van der Waals surface area (Å²) in [6.45, 7) is 10.3. The molecule has 0 aliphatic carbocycles. The van der Waals surface area contributed by atoms with Crippen molar-refractivity contribution < 1.29 is 27.9 Å². The third-order valence-corrected chi connectivity index (χ3v) is 7.07. The molecule has 1 aliphatic rings. The number of hydrogen-bond acceptors (Lipinski definition) is 7. The van der Waals surface area contributed by atoms with E-state index in [2.05, 4.69) is 20.6 Å². The molecule has 3 rings (SSSR count). The van der Waals surface area contributed by atoms with Crippen molar-refractivity contribution in [1.82, 2.24) is 20.2 Å². The Hall–Kier alpha value is -2.73. The molecule has 1 atom stereocenters. The first kappa shape index (κ1) is 28.8. The molecule has 0 spiro atoms. The SMILES string of the molecule is Cc1cc(NC(C)(C)CC(F)(F)F)ncc1-c1sc(C(=O)NCC(C)(C)O)nc1C(=O)N1CCC[C@@H]1C. The largest absolute Gasteiger partial charge is 0.391 e. The molecule has 0 unspecified atom stereocenters. The van der Waals surface area contributed by atoms with Crippen LogP contribution in [0.3, 0.4) is 0 Å². The maximum Gasteiger partial charge on any atom is 0.391 e. The smallest absolute Gasteiger partial charge is 0.389 e. The summed E-state index contributed by atoms with van der Waals surface area (Å²) in [7, 11) is 0. The average Bonchev–Trinajstić information content (AvgIpc) is 3.35. The van der Waals surface area contributed by atoms with Gasteiger partial charge in [0.25, 0.3) is 11.8 Å². The zero-order chi connectivity index (χ0) is 27.8. The predicted molar refractivity (Wildman–Crippen MR) is 137 cm³/mol. The van der Waals surface area contributed by atoms with Crippen LogP contribution in [0.25, 0.3) is 10.4 Å². The Morgan fingerprint density at radius 2 is 1.92 bits per heavy atom. The molecule has 2 amide bonds. The summed E-state index contributed by atoms with van der Waals surface area (Å²) in [4.78, 5) is 37.1. The lowest BCUT2D eigenvalue weighted by Gasteiger charge is -2.28. The molecule has 0 radical (unpaired) electrons. The van der Waals surface area contributed by atoms with E-state index in [0.29, 0.717) is 22.5 Å². The molecule has 0 aromatic carbocycles. The van der Waals surface area contributed by atoms with Gasteiger partial charge in [-0.25, -0.2) is 9.97 Å². The number of nitrogens with zero attached hydrogens (tertiary/aromatic N) is 3. The van der Waals surface area contributed by atoms with Gasteiger partial charge in [0, 0.05) is 36.4 Å². The van der Waals surface area contributed by atoms with Crippen molar-refractivity contribution in [2.45, 2.75) is 84.2 Å². The summed E-state index contributed by atoms with van der Waals surface area (Å²) in [6.07, 6.45) is -2.14. The quantitative estimate of drug-likeness (QED) is 0.444. The van der Waals surface area contributed by atoms with Crippen molar-refractivity contribution in [3.63, 3.8) is 0 Å². The summed E-state index contributed by atoms with van der Waals surface area (Å²) in [5.74, 6) is -0.533. The summed E-state index contributed by atoms with van der Waals surface area (Å²) < 4.78 is 38.8. The lowest BCUT2D eigenvalue weighted by Crippen LogP contribution is -2.38. The van der Waals surface area contributed by atoms with Crippen LogP contribution in [-0.2, 0) is 0 Å². The summed E-state index contributed by atoms with van der Waals surface area (Å²) in [6, 6.07) is 1.66. The first-order chi connectivity index (χ1) is 17.0. The number of alkyl halides is 3. The monoisotopic (exact) mass is 541 g/mol. The number of aryl methyl sites for hydroxylation is 1. The summed E-state index contributed by atoms with van der Waals surface area (Å²) in [5, 5.41) is 15.5. The lowest BCUT2D eigenvalue weighted by molar-refractivity contribution is -0.142. The van der Waals surface area contributed by atoms with E-state index in [0.717, 1.165) is 24.2 Å². The fraction of sp³-hybridized carbons (Fsp3) is 0.600. The van der Waals surface area contributed by atoms with Crippen LogP contribution >= 0.6 is 11.3 Å². The highest BCUT2D eigenvalue weighted by molar-refractivity contribution is 7.17. The van der Waals surface area contributed by atoms with Crippen LogP contribution in [0.5, 0.6) is 0 Å². The second-order valence-electron chi connectivity index (χ2n) is 10.9. The van der Waals surface area contributed by atoms with Gasteiger partial charge < -0.3 is 20.6 Å². The number of aliphatic hydroxyl groups is 1. The van der Waals surface area contributed by atoms with Gasteiger partial charge in [-0.15, -0.1) is 11.3 Å². The molecule has 2 aromatic rings. The Morgan fingerprint density at radius 1 is 1.24 bits per heavy atom. The number of amides is 2. The minimum absolute atomic E-state index is 0.00183. The van der Waals surface area contributed by atoms with Gasteiger partial charge in [-0.3, -0.25) is 9.59 Å². The highest BCUT2D eigenvalue weighted by atomic mass is 32.1. The van der Waals surface area contributed by atoms with Gasteiger partial charge in [0.05, 0.1) is 16.9 Å². The Labute approximate surface area is 218 Å². The maximum absolute atomic E-state index is 13.5. The van der Waals surface area contributed by atoms with Gasteiger partial charge >= 0.3 is 6.18 Å². The van der Waals surface area contributed by atoms with Crippen molar-refractivity contribution in [1.29, 1.82) is 0 Å². The van der Waals surface area contributed by atoms with E-state index in [1.165, 1.54) is 20.0 Å². The highest BCUT2D eigenvalue weighted by Crippen LogP contribution is 2.36. The van der Waals surface area contributed by atoms with E-state index in [1.54, 1.807) is 31.7 Å². The number of carbonyl (C=O) groups excluding carboxylic acids is 2. The molecule has 8 nitrogen and oxygen atoms in total. The van der Waals surface area contributed by atoms with Crippen LogP contribution in [-0.4, -0.2) is 68.2 Å². The van der Waals surface area contributed by atoms with E-state index >= 15 is 0 Å². The third-order valence-electron chi connectivity index (χ3n) is 5.98. The first-order valence-electron chi connectivity index (χ1n) is 12.1. The Morgan fingerprint density at radius 3 is 2.46 bits per heavy atom.